The largest absolute Gasteiger partial charge is 0.480 e. The minimum Gasteiger partial charge on any atom is -0.480 e. The summed E-state index contributed by atoms with van der Waals surface area (Å²) in [4.78, 5) is 57.4. The van der Waals surface area contributed by atoms with Crippen molar-refractivity contribution in [2.24, 2.45) is 0 Å². The SMILES string of the molecule is CCOC(=O)NCc1cn(CCC(=O)NCCCCC(C(=O)O)N(CC(=O)O)CC(=O)O)nn1. The number of carboxylic acid groups (broad SMARTS) is 3. The molecule has 1 unspecified atom stereocenters. The number of carboxylic acids is 3. The number of nitrogens with one attached hydrogen (secondary N) is 2. The number of hydrogen-bond donors (Lipinski definition) is 5. The third-order valence-corrected chi connectivity index (χ3v) is 4.47. The van der Waals surface area contributed by atoms with Gasteiger partial charge in [0, 0.05) is 13.0 Å². The zero-order chi connectivity index (χ0) is 25.5. The van der Waals surface area contributed by atoms with Crippen LogP contribution < -0.4 is 10.6 Å². The molecule has 1 aromatic heterocycles. The van der Waals surface area contributed by atoms with Crippen LogP contribution in [-0.4, -0.2) is 97.4 Å². The Balaban J connectivity index is 2.33. The summed E-state index contributed by atoms with van der Waals surface area (Å²) in [7, 11) is 0. The van der Waals surface area contributed by atoms with Crippen molar-refractivity contribution in [3.63, 3.8) is 0 Å². The number of hydrogen-bond acceptors (Lipinski definition) is 9. The van der Waals surface area contributed by atoms with Gasteiger partial charge < -0.3 is 30.7 Å². The van der Waals surface area contributed by atoms with E-state index in [0.29, 0.717) is 18.5 Å². The fourth-order valence-corrected chi connectivity index (χ4v) is 2.95. The van der Waals surface area contributed by atoms with E-state index in [9.17, 15) is 29.1 Å². The van der Waals surface area contributed by atoms with E-state index < -0.39 is 43.1 Å². The van der Waals surface area contributed by atoms with Crippen LogP contribution in [0.2, 0.25) is 0 Å². The lowest BCUT2D eigenvalue weighted by molar-refractivity contribution is -0.149. The normalized spacial score (nSPS) is 11.6. The van der Waals surface area contributed by atoms with Crippen molar-refractivity contribution in [1.29, 1.82) is 0 Å². The average molecular weight is 486 g/mol. The van der Waals surface area contributed by atoms with Gasteiger partial charge >= 0.3 is 24.0 Å². The van der Waals surface area contributed by atoms with Gasteiger partial charge in [-0.15, -0.1) is 5.10 Å². The fraction of sp³-hybridized carbons (Fsp3) is 0.632. The molecular weight excluding hydrogens is 456 g/mol. The Bertz CT molecular complexity index is 828. The molecule has 15 heteroatoms. The Kier molecular flexibility index (Phi) is 12.6. The summed E-state index contributed by atoms with van der Waals surface area (Å²) in [5.74, 6) is -4.21. The van der Waals surface area contributed by atoms with Gasteiger partial charge in [-0.05, 0) is 26.2 Å². The number of carbonyl (C=O) groups excluding carboxylic acids is 2. The summed E-state index contributed by atoms with van der Waals surface area (Å²) >= 11 is 0. The van der Waals surface area contributed by atoms with Crippen LogP contribution in [0.25, 0.3) is 0 Å². The molecule has 0 radical (unpaired) electrons. The monoisotopic (exact) mass is 486 g/mol. The maximum atomic E-state index is 12.0. The van der Waals surface area contributed by atoms with Crippen LogP contribution in [0.1, 0.15) is 38.3 Å². The van der Waals surface area contributed by atoms with E-state index in [1.807, 2.05) is 0 Å². The molecule has 1 aromatic rings. The summed E-state index contributed by atoms with van der Waals surface area (Å²) in [6.45, 7) is 1.20. The Morgan fingerprint density at radius 2 is 1.76 bits per heavy atom. The van der Waals surface area contributed by atoms with Crippen molar-refractivity contribution in [2.45, 2.75) is 51.7 Å². The molecule has 1 atom stereocenters. The number of nitrogens with zero attached hydrogens (tertiary/aromatic N) is 4. The molecule has 15 nitrogen and oxygen atoms in total. The lowest BCUT2D eigenvalue weighted by Gasteiger charge is -2.25. The summed E-state index contributed by atoms with van der Waals surface area (Å²) in [6, 6.07) is -1.26. The minimum atomic E-state index is -1.32. The van der Waals surface area contributed by atoms with E-state index in [2.05, 4.69) is 20.9 Å². The second-order valence-corrected chi connectivity index (χ2v) is 7.19. The Labute approximate surface area is 195 Å². The number of aromatic nitrogens is 3. The van der Waals surface area contributed by atoms with Crippen LogP contribution in [-0.2, 0) is 37.0 Å². The predicted octanol–water partition coefficient (Wildman–Crippen LogP) is -0.875. The highest BCUT2D eigenvalue weighted by atomic mass is 16.5. The second kappa shape index (κ2) is 15.2. The van der Waals surface area contributed by atoms with Crippen molar-refractivity contribution in [3.8, 4) is 0 Å². The van der Waals surface area contributed by atoms with Crippen LogP contribution in [0.3, 0.4) is 0 Å². The first-order valence-electron chi connectivity index (χ1n) is 10.6. The van der Waals surface area contributed by atoms with Gasteiger partial charge in [-0.25, -0.2) is 4.79 Å². The molecule has 0 bridgehead atoms. The number of unbranched alkanes of at least 4 members (excludes halogenated alkanes) is 1. The number of rotatable bonds is 17. The van der Waals surface area contributed by atoms with Crippen LogP contribution >= 0.6 is 0 Å². The number of ether oxygens (including phenoxy) is 1. The van der Waals surface area contributed by atoms with Gasteiger partial charge in [-0.2, -0.15) is 0 Å². The molecule has 0 aliphatic rings. The topological polar surface area (TPSA) is 213 Å². The predicted molar refractivity (Wildman–Crippen MR) is 114 cm³/mol. The van der Waals surface area contributed by atoms with E-state index >= 15 is 0 Å². The summed E-state index contributed by atoms with van der Waals surface area (Å²) < 4.78 is 6.19. The first-order valence-corrected chi connectivity index (χ1v) is 10.6. The molecule has 0 spiro atoms. The molecule has 2 amide bonds. The summed E-state index contributed by atoms with van der Waals surface area (Å²) in [6.07, 6.45) is 1.95. The highest BCUT2D eigenvalue weighted by molar-refractivity contribution is 5.78. The van der Waals surface area contributed by atoms with Crippen LogP contribution in [0, 0.1) is 0 Å². The summed E-state index contributed by atoms with van der Waals surface area (Å²) in [5, 5.41) is 40.1. The van der Waals surface area contributed by atoms with Gasteiger partial charge in [0.2, 0.25) is 5.91 Å². The second-order valence-electron chi connectivity index (χ2n) is 7.19. The number of aryl methyl sites for hydroxylation is 1. The molecule has 0 fully saturated rings. The van der Waals surface area contributed by atoms with E-state index in [0.717, 1.165) is 4.90 Å². The van der Waals surface area contributed by atoms with E-state index in [1.54, 1.807) is 13.1 Å². The molecule has 0 saturated carbocycles. The quantitative estimate of drug-likeness (QED) is 0.170. The molecule has 0 aliphatic heterocycles. The molecular formula is C19H30N6O9. The first kappa shape index (κ1) is 28.3. The van der Waals surface area contributed by atoms with E-state index in [1.165, 1.54) is 4.68 Å². The molecule has 190 valence electrons. The minimum absolute atomic E-state index is 0.0351. The molecule has 0 saturated heterocycles. The number of amides is 2. The highest BCUT2D eigenvalue weighted by Gasteiger charge is 2.28. The zero-order valence-electron chi connectivity index (χ0n) is 18.8. The maximum Gasteiger partial charge on any atom is 0.407 e. The van der Waals surface area contributed by atoms with Gasteiger partial charge in [-0.1, -0.05) is 5.21 Å². The average Bonchev–Trinajstić information content (AvgIpc) is 3.20. The van der Waals surface area contributed by atoms with Gasteiger partial charge in [0.1, 0.15) is 11.7 Å². The maximum absolute atomic E-state index is 12.0. The van der Waals surface area contributed by atoms with Crippen molar-refractivity contribution in [2.75, 3.05) is 26.2 Å². The fourth-order valence-electron chi connectivity index (χ4n) is 2.95. The molecule has 5 N–H and O–H groups in total. The Morgan fingerprint density at radius 3 is 2.35 bits per heavy atom. The van der Waals surface area contributed by atoms with E-state index in [4.69, 9.17) is 14.9 Å². The van der Waals surface area contributed by atoms with Gasteiger partial charge in [0.25, 0.3) is 0 Å². The zero-order valence-corrected chi connectivity index (χ0v) is 18.8. The summed E-state index contributed by atoms with van der Waals surface area (Å²) in [5.41, 5.74) is 0.501. The Hall–Kier alpha value is -3.75. The van der Waals surface area contributed by atoms with E-state index in [-0.39, 0.29) is 45.0 Å². The third-order valence-electron chi connectivity index (χ3n) is 4.47. The lowest BCUT2D eigenvalue weighted by Crippen LogP contribution is -2.46. The highest BCUT2D eigenvalue weighted by Crippen LogP contribution is 2.10. The van der Waals surface area contributed by atoms with Gasteiger partial charge in [0.05, 0.1) is 39.0 Å². The smallest absolute Gasteiger partial charge is 0.407 e. The number of aliphatic carboxylic acids is 3. The number of alkyl carbamates (subject to hydrolysis) is 1. The van der Waals surface area contributed by atoms with Gasteiger partial charge in [0.15, 0.2) is 0 Å². The molecule has 1 rings (SSSR count). The molecule has 34 heavy (non-hydrogen) atoms. The molecule has 0 aromatic carbocycles. The van der Waals surface area contributed by atoms with Crippen LogP contribution in [0.5, 0.6) is 0 Å². The Morgan fingerprint density at radius 1 is 1.09 bits per heavy atom. The standard InChI is InChI=1S/C19H30N6O9/c1-2-34-19(33)21-9-13-10-25(23-22-13)8-6-15(26)20-7-4-3-5-14(18(31)32)24(11-16(27)28)12-17(29)30/h10,14H,2-9,11-12H2,1H3,(H,20,26)(H,21,33)(H,27,28)(H,29,30)(H,31,32). The third kappa shape index (κ3) is 11.8. The van der Waals surface area contributed by atoms with Crippen molar-refractivity contribution in [3.05, 3.63) is 11.9 Å². The molecule has 0 aliphatic carbocycles. The van der Waals surface area contributed by atoms with Crippen LogP contribution in [0.4, 0.5) is 4.79 Å². The van der Waals surface area contributed by atoms with Crippen molar-refractivity contribution in [1.82, 2.24) is 30.5 Å². The number of carbonyl (C=O) groups is 5. The first-order chi connectivity index (χ1) is 16.1. The van der Waals surface area contributed by atoms with Crippen molar-refractivity contribution < 1.29 is 44.0 Å². The van der Waals surface area contributed by atoms with Gasteiger partial charge in [-0.3, -0.25) is 28.8 Å². The lowest BCUT2D eigenvalue weighted by atomic mass is 10.1. The van der Waals surface area contributed by atoms with Crippen LogP contribution in [0.15, 0.2) is 6.20 Å². The van der Waals surface area contributed by atoms with Crippen molar-refractivity contribution >= 4 is 29.9 Å². The molecule has 1 heterocycles.